The first-order valence-corrected chi connectivity index (χ1v) is 8.48. The van der Waals surface area contributed by atoms with Crippen molar-refractivity contribution in [3.63, 3.8) is 0 Å². The quantitative estimate of drug-likeness (QED) is 0.705. The number of benzene rings is 2. The molecule has 124 valence electrons. The van der Waals surface area contributed by atoms with Gasteiger partial charge < -0.3 is 10.3 Å². The lowest BCUT2D eigenvalue weighted by Crippen LogP contribution is -2.20. The summed E-state index contributed by atoms with van der Waals surface area (Å²) < 4.78 is 5.37. The van der Waals surface area contributed by atoms with Gasteiger partial charge in [0.1, 0.15) is 0 Å². The molecule has 0 saturated heterocycles. The number of rotatable bonds is 6. The van der Waals surface area contributed by atoms with Gasteiger partial charge in [0.25, 0.3) is 5.89 Å². The zero-order valence-electron chi connectivity index (χ0n) is 14.1. The van der Waals surface area contributed by atoms with Crippen LogP contribution in [-0.2, 0) is 0 Å². The van der Waals surface area contributed by atoms with Crippen molar-refractivity contribution in [2.45, 2.75) is 32.7 Å². The number of hydrogen-bond donors (Lipinski definition) is 1. The molecule has 0 spiro atoms. The van der Waals surface area contributed by atoms with Gasteiger partial charge >= 0.3 is 0 Å². The highest BCUT2D eigenvalue weighted by Crippen LogP contribution is 2.27. The van der Waals surface area contributed by atoms with Gasteiger partial charge in [0.2, 0.25) is 5.82 Å². The predicted molar refractivity (Wildman–Crippen MR) is 96.2 cm³/mol. The van der Waals surface area contributed by atoms with E-state index in [1.54, 1.807) is 0 Å². The van der Waals surface area contributed by atoms with Gasteiger partial charge in [-0.3, -0.25) is 0 Å². The molecule has 1 heterocycles. The van der Waals surface area contributed by atoms with E-state index < -0.39 is 0 Å². The summed E-state index contributed by atoms with van der Waals surface area (Å²) in [5.41, 5.74) is 9.38. The number of hydrogen-bond acceptors (Lipinski definition) is 4. The molecule has 3 aromatic rings. The van der Waals surface area contributed by atoms with Crippen molar-refractivity contribution in [2.24, 2.45) is 11.7 Å². The predicted octanol–water partition coefficient (Wildman–Crippen LogP) is 4.84. The van der Waals surface area contributed by atoms with Crippen LogP contribution < -0.4 is 5.73 Å². The van der Waals surface area contributed by atoms with Crippen molar-refractivity contribution in [3.8, 4) is 22.8 Å². The molecule has 4 nitrogen and oxygen atoms in total. The Bertz CT molecular complexity index is 761. The normalized spacial score (nSPS) is 12.5. The van der Waals surface area contributed by atoms with E-state index in [9.17, 15) is 0 Å². The molecule has 0 unspecified atom stereocenters. The Hall–Kier alpha value is -2.46. The summed E-state index contributed by atoms with van der Waals surface area (Å²) in [4.78, 5) is 4.48. The summed E-state index contributed by atoms with van der Waals surface area (Å²) in [6.07, 6.45) is 2.18. The molecular formula is C20H23N3O. The van der Waals surface area contributed by atoms with Crippen molar-refractivity contribution in [1.29, 1.82) is 0 Å². The van der Waals surface area contributed by atoms with Crippen LogP contribution in [0.25, 0.3) is 22.8 Å². The minimum atomic E-state index is 0.0687. The first-order valence-electron chi connectivity index (χ1n) is 8.48. The fourth-order valence-electron chi connectivity index (χ4n) is 2.96. The first kappa shape index (κ1) is 16.4. The van der Waals surface area contributed by atoms with Crippen molar-refractivity contribution >= 4 is 0 Å². The SMILES string of the molecule is CCC(CC)[C@H](N)c1ccc(-c2noc(-c3ccccc3)n2)cc1. The summed E-state index contributed by atoms with van der Waals surface area (Å²) in [6.45, 7) is 4.37. The molecule has 0 aliphatic heterocycles. The third-order valence-electron chi connectivity index (χ3n) is 4.56. The van der Waals surface area contributed by atoms with E-state index in [2.05, 4.69) is 36.1 Å². The second-order valence-electron chi connectivity index (χ2n) is 6.01. The summed E-state index contributed by atoms with van der Waals surface area (Å²) in [7, 11) is 0. The molecule has 1 atom stereocenters. The lowest BCUT2D eigenvalue weighted by Gasteiger charge is -2.21. The molecule has 0 saturated carbocycles. The van der Waals surface area contributed by atoms with Crippen LogP contribution in [0.3, 0.4) is 0 Å². The zero-order valence-corrected chi connectivity index (χ0v) is 14.1. The minimum Gasteiger partial charge on any atom is -0.334 e. The van der Waals surface area contributed by atoms with Crippen LogP contribution in [0.5, 0.6) is 0 Å². The van der Waals surface area contributed by atoms with Gasteiger partial charge in [-0.05, 0) is 23.6 Å². The van der Waals surface area contributed by atoms with E-state index in [1.165, 1.54) is 0 Å². The first-order chi connectivity index (χ1) is 11.7. The van der Waals surface area contributed by atoms with Gasteiger partial charge in [0.05, 0.1) is 0 Å². The average molecular weight is 321 g/mol. The molecule has 0 fully saturated rings. The maximum atomic E-state index is 6.38. The van der Waals surface area contributed by atoms with E-state index in [0.717, 1.165) is 29.5 Å². The molecule has 2 aromatic carbocycles. The standard InChI is InChI=1S/C20H23N3O/c1-3-14(4-2)18(21)15-10-12-16(13-11-15)19-22-20(24-23-19)17-8-6-5-7-9-17/h5-14,18H,3-4,21H2,1-2H3/t18-/m0/s1. The fourth-order valence-corrected chi connectivity index (χ4v) is 2.96. The van der Waals surface area contributed by atoms with Gasteiger partial charge in [-0.2, -0.15) is 4.98 Å². The lowest BCUT2D eigenvalue weighted by molar-refractivity contribution is 0.405. The molecule has 0 aliphatic rings. The van der Waals surface area contributed by atoms with E-state index in [4.69, 9.17) is 10.3 Å². The molecule has 0 aliphatic carbocycles. The van der Waals surface area contributed by atoms with E-state index in [1.807, 2.05) is 42.5 Å². The second kappa shape index (κ2) is 7.41. The number of nitrogens with zero attached hydrogens (tertiary/aromatic N) is 2. The van der Waals surface area contributed by atoms with Gasteiger partial charge in [-0.15, -0.1) is 0 Å². The third kappa shape index (κ3) is 3.39. The van der Waals surface area contributed by atoms with E-state index in [0.29, 0.717) is 17.6 Å². The Kier molecular flexibility index (Phi) is 5.06. The molecule has 3 rings (SSSR count). The van der Waals surface area contributed by atoms with Gasteiger partial charge in [-0.25, -0.2) is 0 Å². The molecule has 0 amide bonds. The van der Waals surface area contributed by atoms with Crippen LogP contribution in [0, 0.1) is 5.92 Å². The monoisotopic (exact) mass is 321 g/mol. The number of aromatic nitrogens is 2. The fraction of sp³-hybridized carbons (Fsp3) is 0.300. The van der Waals surface area contributed by atoms with Crippen molar-refractivity contribution < 1.29 is 4.52 Å². The minimum absolute atomic E-state index is 0.0687. The third-order valence-corrected chi connectivity index (χ3v) is 4.56. The van der Waals surface area contributed by atoms with Gasteiger partial charge in [0.15, 0.2) is 0 Å². The highest BCUT2D eigenvalue weighted by atomic mass is 16.5. The maximum absolute atomic E-state index is 6.38. The Morgan fingerprint density at radius 3 is 2.21 bits per heavy atom. The molecule has 0 bridgehead atoms. The Labute approximate surface area is 142 Å². The second-order valence-corrected chi connectivity index (χ2v) is 6.01. The molecule has 0 radical (unpaired) electrons. The van der Waals surface area contributed by atoms with Crippen LogP contribution in [0.2, 0.25) is 0 Å². The van der Waals surface area contributed by atoms with E-state index in [-0.39, 0.29) is 6.04 Å². The largest absolute Gasteiger partial charge is 0.334 e. The Balaban J connectivity index is 1.80. The Morgan fingerprint density at radius 1 is 0.917 bits per heavy atom. The van der Waals surface area contributed by atoms with Crippen LogP contribution >= 0.6 is 0 Å². The molecule has 1 aromatic heterocycles. The smallest absolute Gasteiger partial charge is 0.258 e. The van der Waals surface area contributed by atoms with Crippen molar-refractivity contribution in [1.82, 2.24) is 10.1 Å². The number of nitrogens with two attached hydrogens (primary N) is 1. The summed E-state index contributed by atoms with van der Waals surface area (Å²) >= 11 is 0. The van der Waals surface area contributed by atoms with Crippen molar-refractivity contribution in [3.05, 3.63) is 60.2 Å². The highest BCUT2D eigenvalue weighted by Gasteiger charge is 2.16. The van der Waals surface area contributed by atoms with Crippen LogP contribution in [0.1, 0.15) is 38.3 Å². The topological polar surface area (TPSA) is 64.9 Å². The lowest BCUT2D eigenvalue weighted by atomic mass is 9.89. The molecular weight excluding hydrogens is 298 g/mol. The summed E-state index contributed by atoms with van der Waals surface area (Å²) in [5, 5.41) is 4.09. The molecule has 24 heavy (non-hydrogen) atoms. The molecule has 2 N–H and O–H groups in total. The summed E-state index contributed by atoms with van der Waals surface area (Å²) in [6, 6.07) is 18.0. The van der Waals surface area contributed by atoms with Crippen LogP contribution in [0.4, 0.5) is 0 Å². The van der Waals surface area contributed by atoms with E-state index >= 15 is 0 Å². The Morgan fingerprint density at radius 2 is 1.58 bits per heavy atom. The summed E-state index contributed by atoms with van der Waals surface area (Å²) in [5.74, 6) is 1.63. The van der Waals surface area contributed by atoms with Crippen LogP contribution in [-0.4, -0.2) is 10.1 Å². The molecule has 4 heteroatoms. The van der Waals surface area contributed by atoms with Crippen LogP contribution in [0.15, 0.2) is 59.1 Å². The zero-order chi connectivity index (χ0) is 16.9. The van der Waals surface area contributed by atoms with Crippen molar-refractivity contribution in [2.75, 3.05) is 0 Å². The van der Waals surface area contributed by atoms with Gasteiger partial charge in [-0.1, -0.05) is 74.3 Å². The highest BCUT2D eigenvalue weighted by molar-refractivity contribution is 5.59. The maximum Gasteiger partial charge on any atom is 0.258 e. The van der Waals surface area contributed by atoms with Gasteiger partial charge in [0, 0.05) is 17.2 Å². The average Bonchev–Trinajstić information content (AvgIpc) is 3.14.